The zero-order chi connectivity index (χ0) is 15.4. The van der Waals surface area contributed by atoms with Crippen molar-refractivity contribution in [3.05, 3.63) is 57.3 Å². The van der Waals surface area contributed by atoms with Crippen LogP contribution in [0.5, 0.6) is 0 Å². The molecule has 2 aromatic rings. The van der Waals surface area contributed by atoms with Crippen LogP contribution < -0.4 is 5.73 Å². The normalized spacial score (nSPS) is 11.3. The summed E-state index contributed by atoms with van der Waals surface area (Å²) in [6.45, 7) is 8.44. The molecule has 0 atom stereocenters. The number of nitrogens with two attached hydrogens (primary N) is 1. The number of nitrogen functional groups attached to an aromatic ring is 1. The first-order chi connectivity index (χ1) is 9.97. The molecule has 3 nitrogen and oxygen atoms in total. The molecule has 1 aromatic carbocycles. The number of nitrogens with zero attached hydrogens (tertiary/aromatic N) is 1. The summed E-state index contributed by atoms with van der Waals surface area (Å²) < 4.78 is 0. The summed E-state index contributed by atoms with van der Waals surface area (Å²) in [5, 5.41) is 9.64. The summed E-state index contributed by atoms with van der Waals surface area (Å²) in [6, 6.07) is 10.8. The van der Waals surface area contributed by atoms with E-state index >= 15 is 0 Å². The molecule has 1 heterocycles. The predicted octanol–water partition coefficient (Wildman–Crippen LogP) is 3.75. The molecule has 0 fully saturated rings. The quantitative estimate of drug-likeness (QED) is 0.630. The molecule has 0 amide bonds. The lowest BCUT2D eigenvalue weighted by Crippen LogP contribution is -2.29. The van der Waals surface area contributed by atoms with Crippen LogP contribution in [-0.2, 0) is 13.1 Å². The van der Waals surface area contributed by atoms with Gasteiger partial charge in [-0.15, -0.1) is 11.3 Å². The van der Waals surface area contributed by atoms with Crippen LogP contribution in [0.3, 0.4) is 0 Å². The molecule has 21 heavy (non-hydrogen) atoms. The number of rotatable bonds is 6. The topological polar surface area (TPSA) is 53.1 Å². The summed E-state index contributed by atoms with van der Waals surface area (Å²) in [4.78, 5) is 3.85. The molecular weight excluding hydrogens is 278 g/mol. The van der Waals surface area contributed by atoms with Gasteiger partial charge < -0.3 is 5.73 Å². The third-order valence-electron chi connectivity index (χ3n) is 3.70. The molecule has 0 saturated heterocycles. The summed E-state index contributed by atoms with van der Waals surface area (Å²) in [5.41, 5.74) is 8.83. The first-order valence-corrected chi connectivity index (χ1v) is 8.05. The monoisotopic (exact) mass is 301 g/mol. The van der Waals surface area contributed by atoms with Crippen molar-refractivity contribution >= 4 is 17.2 Å². The molecule has 0 unspecified atom stereocenters. The maximum absolute atomic E-state index is 7.51. The molecule has 0 spiro atoms. The lowest BCUT2D eigenvalue weighted by Gasteiger charge is -2.27. The molecule has 0 aliphatic carbocycles. The van der Waals surface area contributed by atoms with Crippen molar-refractivity contribution in [1.82, 2.24) is 4.90 Å². The van der Waals surface area contributed by atoms with Crippen molar-refractivity contribution in [3.8, 4) is 0 Å². The van der Waals surface area contributed by atoms with E-state index < -0.39 is 0 Å². The van der Waals surface area contributed by atoms with E-state index in [9.17, 15) is 0 Å². The Morgan fingerprint density at radius 1 is 1.29 bits per heavy atom. The maximum Gasteiger partial charge on any atom is 0.122 e. The highest BCUT2D eigenvalue weighted by molar-refractivity contribution is 7.09. The first-order valence-electron chi connectivity index (χ1n) is 7.17. The fourth-order valence-corrected chi connectivity index (χ4v) is 3.01. The minimum atomic E-state index is 0.129. The second-order valence-electron chi connectivity index (χ2n) is 5.63. The minimum absolute atomic E-state index is 0.129. The van der Waals surface area contributed by atoms with Gasteiger partial charge in [0.2, 0.25) is 0 Å². The average molecular weight is 301 g/mol. The Kier molecular flexibility index (Phi) is 5.15. The Morgan fingerprint density at radius 2 is 2.05 bits per heavy atom. The van der Waals surface area contributed by atoms with Gasteiger partial charge in [-0.05, 0) is 49.4 Å². The van der Waals surface area contributed by atoms with E-state index in [1.807, 2.05) is 12.1 Å². The second-order valence-corrected chi connectivity index (χ2v) is 6.67. The van der Waals surface area contributed by atoms with Crippen molar-refractivity contribution < 1.29 is 0 Å². The molecule has 4 heteroatoms. The highest BCUT2D eigenvalue weighted by atomic mass is 32.1. The van der Waals surface area contributed by atoms with Crippen LogP contribution in [0.2, 0.25) is 0 Å². The standard InChI is InChI=1S/C17H23N3S/c1-12(2)20(11-16-5-4-8-21-16)10-15-7-6-14(17(18)19)9-13(15)3/h4-9,12H,10-11H2,1-3H3,(H3,18,19). The molecule has 0 saturated carbocycles. The smallest absolute Gasteiger partial charge is 0.122 e. The summed E-state index contributed by atoms with van der Waals surface area (Å²) in [7, 11) is 0. The lowest BCUT2D eigenvalue weighted by molar-refractivity contribution is 0.205. The highest BCUT2D eigenvalue weighted by Gasteiger charge is 2.13. The van der Waals surface area contributed by atoms with Crippen molar-refractivity contribution in [2.75, 3.05) is 0 Å². The Labute approximate surface area is 130 Å². The highest BCUT2D eigenvalue weighted by Crippen LogP contribution is 2.19. The Balaban J connectivity index is 2.15. The van der Waals surface area contributed by atoms with Crippen LogP contribution in [0.4, 0.5) is 0 Å². The van der Waals surface area contributed by atoms with Gasteiger partial charge in [-0.2, -0.15) is 0 Å². The zero-order valence-corrected chi connectivity index (χ0v) is 13.7. The summed E-state index contributed by atoms with van der Waals surface area (Å²) in [5.74, 6) is 0.129. The third kappa shape index (κ3) is 4.16. The summed E-state index contributed by atoms with van der Waals surface area (Å²) in [6.07, 6.45) is 0. The van der Waals surface area contributed by atoms with Crippen LogP contribution in [0.1, 0.15) is 35.4 Å². The van der Waals surface area contributed by atoms with Gasteiger partial charge in [0, 0.05) is 29.6 Å². The van der Waals surface area contributed by atoms with Gasteiger partial charge in [0.05, 0.1) is 0 Å². The maximum atomic E-state index is 7.51. The van der Waals surface area contributed by atoms with E-state index in [1.54, 1.807) is 11.3 Å². The van der Waals surface area contributed by atoms with Crippen molar-refractivity contribution in [1.29, 1.82) is 5.41 Å². The van der Waals surface area contributed by atoms with Crippen molar-refractivity contribution in [2.45, 2.75) is 39.9 Å². The van der Waals surface area contributed by atoms with Gasteiger partial charge >= 0.3 is 0 Å². The largest absolute Gasteiger partial charge is 0.384 e. The van der Waals surface area contributed by atoms with E-state index in [1.165, 1.54) is 16.0 Å². The molecule has 0 radical (unpaired) electrons. The zero-order valence-electron chi connectivity index (χ0n) is 12.9. The number of hydrogen-bond donors (Lipinski definition) is 2. The lowest BCUT2D eigenvalue weighted by atomic mass is 10.0. The fraction of sp³-hybridized carbons (Fsp3) is 0.353. The van der Waals surface area contributed by atoms with E-state index in [-0.39, 0.29) is 5.84 Å². The number of thiophene rings is 1. The molecule has 3 N–H and O–H groups in total. The molecule has 2 rings (SSSR count). The van der Waals surface area contributed by atoms with Crippen LogP contribution in [0.25, 0.3) is 0 Å². The number of amidine groups is 1. The molecule has 112 valence electrons. The van der Waals surface area contributed by atoms with Crippen molar-refractivity contribution in [3.63, 3.8) is 0 Å². The third-order valence-corrected chi connectivity index (χ3v) is 4.56. The van der Waals surface area contributed by atoms with Gasteiger partial charge in [0.15, 0.2) is 0 Å². The van der Waals surface area contributed by atoms with Gasteiger partial charge in [-0.25, -0.2) is 0 Å². The van der Waals surface area contributed by atoms with E-state index in [2.05, 4.69) is 49.3 Å². The number of benzene rings is 1. The second kappa shape index (κ2) is 6.87. The van der Waals surface area contributed by atoms with E-state index in [0.29, 0.717) is 6.04 Å². The SMILES string of the molecule is Cc1cc(C(=N)N)ccc1CN(Cc1cccs1)C(C)C. The van der Waals surface area contributed by atoms with Crippen molar-refractivity contribution in [2.24, 2.45) is 5.73 Å². The van der Waals surface area contributed by atoms with E-state index in [0.717, 1.165) is 18.7 Å². The fourth-order valence-electron chi connectivity index (χ4n) is 2.28. The van der Waals surface area contributed by atoms with Gasteiger partial charge in [0.25, 0.3) is 0 Å². The van der Waals surface area contributed by atoms with Gasteiger partial charge in [0.1, 0.15) is 5.84 Å². The van der Waals surface area contributed by atoms with E-state index in [4.69, 9.17) is 11.1 Å². The first kappa shape index (κ1) is 15.7. The number of aryl methyl sites for hydroxylation is 1. The predicted molar refractivity (Wildman–Crippen MR) is 90.9 cm³/mol. The Bertz CT molecular complexity index is 603. The molecular formula is C17H23N3S. The summed E-state index contributed by atoms with van der Waals surface area (Å²) >= 11 is 1.80. The average Bonchev–Trinajstić information content (AvgIpc) is 2.92. The van der Waals surface area contributed by atoms with Crippen LogP contribution >= 0.6 is 11.3 Å². The van der Waals surface area contributed by atoms with Crippen LogP contribution in [0.15, 0.2) is 35.7 Å². The Hall–Kier alpha value is -1.65. The molecule has 0 aliphatic rings. The number of nitrogens with one attached hydrogen (secondary N) is 1. The molecule has 0 aliphatic heterocycles. The Morgan fingerprint density at radius 3 is 2.57 bits per heavy atom. The molecule has 1 aromatic heterocycles. The number of hydrogen-bond acceptors (Lipinski definition) is 3. The van der Waals surface area contributed by atoms with Crippen LogP contribution in [0, 0.1) is 12.3 Å². The molecule has 0 bridgehead atoms. The van der Waals surface area contributed by atoms with Crippen LogP contribution in [-0.4, -0.2) is 16.8 Å². The minimum Gasteiger partial charge on any atom is -0.384 e. The van der Waals surface area contributed by atoms with Gasteiger partial charge in [-0.3, -0.25) is 10.3 Å². The van der Waals surface area contributed by atoms with Gasteiger partial charge in [-0.1, -0.05) is 18.2 Å².